The summed E-state index contributed by atoms with van der Waals surface area (Å²) in [6.45, 7) is 0.0280. The molecular weight excluding hydrogens is 440 g/mol. The number of rotatable bonds is 6. The van der Waals surface area contributed by atoms with Gasteiger partial charge in [-0.2, -0.15) is 0 Å². The molecule has 6 aromatic rings. The van der Waals surface area contributed by atoms with Gasteiger partial charge in [0.15, 0.2) is 0 Å². The third-order valence-corrected chi connectivity index (χ3v) is 6.66. The van der Waals surface area contributed by atoms with E-state index in [-0.39, 0.29) is 12.6 Å². The highest BCUT2D eigenvalue weighted by molar-refractivity contribution is 5.82. The Morgan fingerprint density at radius 3 is 2.39 bits per heavy atom. The fourth-order valence-corrected chi connectivity index (χ4v) is 4.86. The van der Waals surface area contributed by atoms with Crippen molar-refractivity contribution in [2.75, 3.05) is 0 Å². The summed E-state index contributed by atoms with van der Waals surface area (Å²) < 4.78 is 2.30. The van der Waals surface area contributed by atoms with E-state index in [1.54, 1.807) is 0 Å². The Morgan fingerprint density at radius 1 is 0.694 bits per heavy atom. The minimum absolute atomic E-state index is 0.00443. The van der Waals surface area contributed by atoms with Gasteiger partial charge in [-0.05, 0) is 64.0 Å². The Kier molecular flexibility index (Phi) is 5.90. The van der Waals surface area contributed by atoms with Gasteiger partial charge in [-0.25, -0.2) is 4.98 Å². The SMILES string of the molecule is OCc1ccc2ccn(C(c3ccccc3)c3cccc(/C=C/c4ccc5ccccc5n4)c3)c2c1. The predicted octanol–water partition coefficient (Wildman–Crippen LogP) is 7.49. The minimum Gasteiger partial charge on any atom is -0.392 e. The molecule has 2 aromatic heterocycles. The smallest absolute Gasteiger partial charge is 0.0839 e. The van der Waals surface area contributed by atoms with Crippen molar-refractivity contribution in [3.63, 3.8) is 0 Å². The van der Waals surface area contributed by atoms with Crippen molar-refractivity contribution in [1.82, 2.24) is 9.55 Å². The Bertz CT molecular complexity index is 1680. The first-order valence-corrected chi connectivity index (χ1v) is 12.2. The number of para-hydroxylation sites is 1. The number of fused-ring (bicyclic) bond motifs is 2. The molecule has 0 saturated carbocycles. The molecule has 0 aliphatic carbocycles. The highest BCUT2D eigenvalue weighted by atomic mass is 16.3. The highest BCUT2D eigenvalue weighted by Gasteiger charge is 2.18. The van der Waals surface area contributed by atoms with E-state index >= 15 is 0 Å². The molecule has 1 N–H and O–H groups in total. The summed E-state index contributed by atoms with van der Waals surface area (Å²) in [5, 5.41) is 12.0. The zero-order valence-corrected chi connectivity index (χ0v) is 19.8. The molecule has 4 aromatic carbocycles. The first-order chi connectivity index (χ1) is 17.8. The number of aliphatic hydroxyl groups excluding tert-OH is 1. The lowest BCUT2D eigenvalue weighted by Crippen LogP contribution is -2.11. The van der Waals surface area contributed by atoms with Gasteiger partial charge in [0.1, 0.15) is 0 Å². The molecule has 0 amide bonds. The van der Waals surface area contributed by atoms with Gasteiger partial charge in [0.25, 0.3) is 0 Å². The topological polar surface area (TPSA) is 38.0 Å². The number of hydrogen-bond donors (Lipinski definition) is 1. The van der Waals surface area contributed by atoms with Crippen molar-refractivity contribution in [3.8, 4) is 0 Å². The number of benzene rings is 4. The molecule has 0 fully saturated rings. The molecular formula is C33H26N2O. The summed E-state index contributed by atoms with van der Waals surface area (Å²) in [4.78, 5) is 4.78. The number of aromatic nitrogens is 2. The molecule has 0 bridgehead atoms. The number of hydrogen-bond acceptors (Lipinski definition) is 2. The van der Waals surface area contributed by atoms with Crippen molar-refractivity contribution in [1.29, 1.82) is 0 Å². The number of pyridine rings is 1. The Balaban J connectivity index is 1.41. The van der Waals surface area contributed by atoms with Gasteiger partial charge in [-0.1, -0.05) is 91.0 Å². The molecule has 1 unspecified atom stereocenters. The van der Waals surface area contributed by atoms with Crippen molar-refractivity contribution in [3.05, 3.63) is 149 Å². The van der Waals surface area contributed by atoms with Crippen LogP contribution in [0.3, 0.4) is 0 Å². The van der Waals surface area contributed by atoms with E-state index in [1.165, 1.54) is 11.1 Å². The summed E-state index contributed by atoms with van der Waals surface area (Å²) in [5.41, 5.74) is 7.48. The van der Waals surface area contributed by atoms with E-state index in [0.29, 0.717) is 0 Å². The zero-order valence-electron chi connectivity index (χ0n) is 19.8. The largest absolute Gasteiger partial charge is 0.392 e. The first-order valence-electron chi connectivity index (χ1n) is 12.2. The van der Waals surface area contributed by atoms with Crippen LogP contribution in [0.15, 0.2) is 121 Å². The maximum atomic E-state index is 9.72. The van der Waals surface area contributed by atoms with Gasteiger partial charge in [-0.15, -0.1) is 0 Å². The summed E-state index contributed by atoms with van der Waals surface area (Å²) >= 11 is 0. The van der Waals surface area contributed by atoms with E-state index < -0.39 is 0 Å². The van der Waals surface area contributed by atoms with Crippen molar-refractivity contribution in [2.45, 2.75) is 12.6 Å². The third-order valence-electron chi connectivity index (χ3n) is 6.66. The van der Waals surface area contributed by atoms with Gasteiger partial charge in [0, 0.05) is 17.1 Å². The second kappa shape index (κ2) is 9.65. The average molecular weight is 467 g/mol. The van der Waals surface area contributed by atoms with Crippen molar-refractivity contribution >= 4 is 34.0 Å². The van der Waals surface area contributed by atoms with Crippen LogP contribution in [0.1, 0.15) is 34.0 Å². The lowest BCUT2D eigenvalue weighted by Gasteiger charge is -2.22. The van der Waals surface area contributed by atoms with E-state index in [9.17, 15) is 5.11 Å². The Morgan fingerprint density at radius 2 is 1.50 bits per heavy atom. The molecule has 1 atom stereocenters. The van der Waals surface area contributed by atoms with Crippen LogP contribution in [0, 0.1) is 0 Å². The molecule has 0 radical (unpaired) electrons. The molecule has 0 aliphatic rings. The van der Waals surface area contributed by atoms with Crippen LogP contribution in [-0.2, 0) is 6.61 Å². The quantitative estimate of drug-likeness (QED) is 0.276. The number of aliphatic hydroxyl groups is 1. The second-order valence-corrected chi connectivity index (χ2v) is 9.02. The van der Waals surface area contributed by atoms with Crippen LogP contribution < -0.4 is 0 Å². The maximum Gasteiger partial charge on any atom is 0.0839 e. The normalized spacial score (nSPS) is 12.5. The highest BCUT2D eigenvalue weighted by Crippen LogP contribution is 2.32. The molecule has 0 saturated heterocycles. The van der Waals surface area contributed by atoms with E-state index in [2.05, 4.69) is 108 Å². The summed E-state index contributed by atoms with van der Waals surface area (Å²) in [6.07, 6.45) is 6.34. The van der Waals surface area contributed by atoms with Gasteiger partial charge in [-0.3, -0.25) is 0 Å². The van der Waals surface area contributed by atoms with Crippen molar-refractivity contribution < 1.29 is 5.11 Å². The van der Waals surface area contributed by atoms with Crippen LogP contribution in [0.4, 0.5) is 0 Å². The fourth-order valence-electron chi connectivity index (χ4n) is 4.86. The Hall–Kier alpha value is -4.47. The van der Waals surface area contributed by atoms with E-state index in [0.717, 1.165) is 38.6 Å². The molecule has 3 heteroatoms. The molecule has 6 rings (SSSR count). The van der Waals surface area contributed by atoms with Crippen LogP contribution in [-0.4, -0.2) is 14.7 Å². The van der Waals surface area contributed by atoms with Crippen LogP contribution in [0.2, 0.25) is 0 Å². The summed E-state index contributed by atoms with van der Waals surface area (Å²) in [7, 11) is 0. The van der Waals surface area contributed by atoms with E-state index in [1.807, 2.05) is 30.3 Å². The molecule has 3 nitrogen and oxygen atoms in total. The molecule has 36 heavy (non-hydrogen) atoms. The predicted molar refractivity (Wildman–Crippen MR) is 149 cm³/mol. The van der Waals surface area contributed by atoms with Gasteiger partial charge < -0.3 is 9.67 Å². The van der Waals surface area contributed by atoms with E-state index in [4.69, 9.17) is 4.98 Å². The Labute approximate surface area is 210 Å². The first kappa shape index (κ1) is 22.0. The second-order valence-electron chi connectivity index (χ2n) is 9.02. The van der Waals surface area contributed by atoms with Crippen LogP contribution in [0.25, 0.3) is 34.0 Å². The lowest BCUT2D eigenvalue weighted by atomic mass is 9.96. The van der Waals surface area contributed by atoms with Gasteiger partial charge in [0.2, 0.25) is 0 Å². The maximum absolute atomic E-state index is 9.72. The lowest BCUT2D eigenvalue weighted by molar-refractivity contribution is 0.282. The van der Waals surface area contributed by atoms with Gasteiger partial charge in [0.05, 0.1) is 23.9 Å². The average Bonchev–Trinajstić information content (AvgIpc) is 3.35. The monoisotopic (exact) mass is 466 g/mol. The fraction of sp³-hybridized carbons (Fsp3) is 0.0606. The summed E-state index contributed by atoms with van der Waals surface area (Å²) in [6, 6.07) is 39.9. The molecule has 0 aliphatic heterocycles. The molecule has 174 valence electrons. The molecule has 2 heterocycles. The van der Waals surface area contributed by atoms with Gasteiger partial charge >= 0.3 is 0 Å². The number of nitrogens with zero attached hydrogens (tertiary/aromatic N) is 2. The third kappa shape index (κ3) is 4.33. The standard InChI is InChI=1S/C33H26N2O/c36-23-25-13-15-27-19-20-35(32(27)22-25)33(28-9-2-1-3-10-28)29-11-6-7-24(21-29)14-17-30-18-16-26-8-4-5-12-31(26)34-30/h1-22,33,36H,23H2/b17-14+. The minimum atomic E-state index is 0.00443. The molecule has 0 spiro atoms. The van der Waals surface area contributed by atoms with Crippen LogP contribution in [0.5, 0.6) is 0 Å². The van der Waals surface area contributed by atoms with Crippen molar-refractivity contribution in [2.24, 2.45) is 0 Å². The zero-order chi connectivity index (χ0) is 24.3. The van der Waals surface area contributed by atoms with Crippen LogP contribution >= 0.6 is 0 Å². The summed E-state index contributed by atoms with van der Waals surface area (Å²) in [5.74, 6) is 0.